The molecule has 0 radical (unpaired) electrons. The molecule has 166 valence electrons. The van der Waals surface area contributed by atoms with Gasteiger partial charge < -0.3 is 19.3 Å². The SMILES string of the molecule is Cc1c(C)c2c(c(CC[C@@H]3C[C@@H](O)CC(=O)O3)c1OCc1ccccc1)CC(C)(C)O2. The highest BCUT2D eigenvalue weighted by atomic mass is 16.5. The molecule has 0 spiro atoms. The Hall–Kier alpha value is -2.53. The zero-order chi connectivity index (χ0) is 22.2. The van der Waals surface area contributed by atoms with Crippen LogP contribution in [0.5, 0.6) is 11.5 Å². The van der Waals surface area contributed by atoms with Gasteiger partial charge in [0, 0.05) is 24.0 Å². The van der Waals surface area contributed by atoms with Gasteiger partial charge in [-0.3, -0.25) is 4.79 Å². The van der Waals surface area contributed by atoms with Gasteiger partial charge in [-0.1, -0.05) is 30.3 Å². The Morgan fingerprint density at radius 2 is 1.90 bits per heavy atom. The standard InChI is InChI=1S/C26H32O5/c1-16-17(2)25-22(14-26(3,4)31-25)21(11-10-20-12-19(27)13-23(28)30-20)24(16)29-15-18-8-6-5-7-9-18/h5-9,19-20,27H,10-15H2,1-4H3/t19-,20-/m1/s1. The smallest absolute Gasteiger partial charge is 0.308 e. The fraction of sp³-hybridized carbons (Fsp3) is 0.500. The molecule has 0 saturated carbocycles. The minimum absolute atomic E-state index is 0.0863. The van der Waals surface area contributed by atoms with Gasteiger partial charge in [-0.05, 0) is 57.2 Å². The lowest BCUT2D eigenvalue weighted by Crippen LogP contribution is -2.32. The summed E-state index contributed by atoms with van der Waals surface area (Å²) in [7, 11) is 0. The molecule has 4 rings (SSSR count). The minimum Gasteiger partial charge on any atom is -0.488 e. The van der Waals surface area contributed by atoms with Gasteiger partial charge in [0.15, 0.2) is 0 Å². The van der Waals surface area contributed by atoms with E-state index in [4.69, 9.17) is 14.2 Å². The molecule has 2 aromatic rings. The van der Waals surface area contributed by atoms with Gasteiger partial charge in [0.1, 0.15) is 29.8 Å². The average molecular weight is 425 g/mol. The summed E-state index contributed by atoms with van der Waals surface area (Å²) in [6.07, 6.45) is 1.85. The zero-order valence-corrected chi connectivity index (χ0v) is 18.9. The quantitative estimate of drug-likeness (QED) is 0.687. The fourth-order valence-electron chi connectivity index (χ4n) is 4.66. The maximum atomic E-state index is 11.8. The van der Waals surface area contributed by atoms with Gasteiger partial charge in [-0.25, -0.2) is 0 Å². The van der Waals surface area contributed by atoms with E-state index in [1.54, 1.807) is 0 Å². The van der Waals surface area contributed by atoms with Crippen LogP contribution in [-0.4, -0.2) is 28.9 Å². The van der Waals surface area contributed by atoms with E-state index in [1.807, 2.05) is 18.2 Å². The minimum atomic E-state index is -0.618. The summed E-state index contributed by atoms with van der Waals surface area (Å²) in [5.74, 6) is 1.55. The van der Waals surface area contributed by atoms with Crippen LogP contribution in [0, 0.1) is 13.8 Å². The molecule has 1 fully saturated rings. The first-order valence-electron chi connectivity index (χ1n) is 11.1. The van der Waals surface area contributed by atoms with E-state index < -0.39 is 6.10 Å². The highest BCUT2D eigenvalue weighted by Crippen LogP contribution is 2.46. The molecule has 31 heavy (non-hydrogen) atoms. The molecule has 1 N–H and O–H groups in total. The number of hydrogen-bond acceptors (Lipinski definition) is 5. The average Bonchev–Trinajstić information content (AvgIpc) is 3.04. The molecule has 2 heterocycles. The van der Waals surface area contributed by atoms with Crippen LogP contribution in [0.4, 0.5) is 0 Å². The van der Waals surface area contributed by atoms with Crippen molar-refractivity contribution in [3.05, 3.63) is 58.1 Å². The monoisotopic (exact) mass is 424 g/mol. The number of cyclic esters (lactones) is 1. The first-order valence-corrected chi connectivity index (χ1v) is 11.1. The van der Waals surface area contributed by atoms with Crippen LogP contribution in [0.15, 0.2) is 30.3 Å². The lowest BCUT2D eigenvalue weighted by molar-refractivity contribution is -0.160. The third-order valence-electron chi connectivity index (χ3n) is 6.31. The molecule has 0 bridgehead atoms. The van der Waals surface area contributed by atoms with Crippen molar-refractivity contribution < 1.29 is 24.1 Å². The number of carbonyl (C=O) groups excluding carboxylic acids is 1. The van der Waals surface area contributed by atoms with Crippen LogP contribution in [-0.2, 0) is 29.0 Å². The zero-order valence-electron chi connectivity index (χ0n) is 18.9. The summed E-state index contributed by atoms with van der Waals surface area (Å²) >= 11 is 0. The summed E-state index contributed by atoms with van der Waals surface area (Å²) in [6.45, 7) is 8.88. The maximum absolute atomic E-state index is 11.8. The van der Waals surface area contributed by atoms with Crippen molar-refractivity contribution >= 4 is 5.97 Å². The molecule has 5 nitrogen and oxygen atoms in total. The predicted octanol–water partition coefficient (Wildman–Crippen LogP) is 4.60. The molecule has 0 aromatic heterocycles. The molecular formula is C26H32O5. The van der Waals surface area contributed by atoms with Crippen LogP contribution < -0.4 is 9.47 Å². The van der Waals surface area contributed by atoms with Crippen LogP contribution in [0.3, 0.4) is 0 Å². The van der Waals surface area contributed by atoms with Crippen LogP contribution in [0.2, 0.25) is 0 Å². The van der Waals surface area contributed by atoms with E-state index in [-0.39, 0.29) is 24.1 Å². The Bertz CT molecular complexity index is 964. The predicted molar refractivity (Wildman–Crippen MR) is 119 cm³/mol. The Kier molecular flexibility index (Phi) is 5.98. The van der Waals surface area contributed by atoms with E-state index >= 15 is 0 Å². The molecule has 2 atom stereocenters. The summed E-state index contributed by atoms with van der Waals surface area (Å²) in [5.41, 5.74) is 5.39. The molecule has 5 heteroatoms. The molecule has 0 amide bonds. The molecule has 2 aliphatic rings. The van der Waals surface area contributed by atoms with Gasteiger partial charge in [0.2, 0.25) is 0 Å². The fourth-order valence-corrected chi connectivity index (χ4v) is 4.66. The number of aliphatic hydroxyl groups is 1. The van der Waals surface area contributed by atoms with Gasteiger partial charge in [-0.2, -0.15) is 0 Å². The molecule has 0 unspecified atom stereocenters. The largest absolute Gasteiger partial charge is 0.488 e. The van der Waals surface area contributed by atoms with Gasteiger partial charge in [0.25, 0.3) is 0 Å². The summed E-state index contributed by atoms with van der Waals surface area (Å²) < 4.78 is 18.2. The summed E-state index contributed by atoms with van der Waals surface area (Å²) in [5, 5.41) is 9.97. The number of rotatable bonds is 6. The van der Waals surface area contributed by atoms with Crippen LogP contribution >= 0.6 is 0 Å². The van der Waals surface area contributed by atoms with Crippen molar-refractivity contribution in [3.63, 3.8) is 0 Å². The van der Waals surface area contributed by atoms with E-state index in [9.17, 15) is 9.90 Å². The van der Waals surface area contributed by atoms with Crippen molar-refractivity contribution in [3.8, 4) is 11.5 Å². The number of esters is 1. The normalized spacial score (nSPS) is 21.9. The van der Waals surface area contributed by atoms with Crippen molar-refractivity contribution in [1.29, 1.82) is 0 Å². The molecule has 0 aliphatic carbocycles. The Morgan fingerprint density at radius 1 is 1.16 bits per heavy atom. The second kappa shape index (κ2) is 8.54. The molecule has 1 saturated heterocycles. The second-order valence-corrected chi connectivity index (χ2v) is 9.42. The number of aliphatic hydroxyl groups excluding tert-OH is 1. The summed E-state index contributed by atoms with van der Waals surface area (Å²) in [6, 6.07) is 10.1. The maximum Gasteiger partial charge on any atom is 0.308 e. The number of benzene rings is 2. The third-order valence-corrected chi connectivity index (χ3v) is 6.31. The highest BCUT2D eigenvalue weighted by molar-refractivity contribution is 5.71. The summed E-state index contributed by atoms with van der Waals surface area (Å²) in [4.78, 5) is 11.8. The van der Waals surface area contributed by atoms with Gasteiger partial charge in [-0.15, -0.1) is 0 Å². The Balaban J connectivity index is 1.64. The first kappa shape index (κ1) is 21.7. The lowest BCUT2D eigenvalue weighted by Gasteiger charge is -2.27. The Labute approximate surface area is 184 Å². The third kappa shape index (κ3) is 4.72. The van der Waals surface area contributed by atoms with E-state index in [1.165, 1.54) is 5.56 Å². The molecular weight excluding hydrogens is 392 g/mol. The van der Waals surface area contributed by atoms with Gasteiger partial charge in [0.05, 0.1) is 12.5 Å². The van der Waals surface area contributed by atoms with Crippen molar-refractivity contribution in [2.45, 2.75) is 84.2 Å². The number of ether oxygens (including phenoxy) is 3. The number of hydrogen-bond donors (Lipinski definition) is 1. The number of fused-ring (bicyclic) bond motifs is 1. The van der Waals surface area contributed by atoms with Crippen molar-refractivity contribution in [1.82, 2.24) is 0 Å². The Morgan fingerprint density at radius 3 is 2.61 bits per heavy atom. The number of carbonyl (C=O) groups is 1. The lowest BCUT2D eigenvalue weighted by atomic mass is 9.89. The van der Waals surface area contributed by atoms with E-state index in [0.29, 0.717) is 25.9 Å². The van der Waals surface area contributed by atoms with E-state index in [0.717, 1.165) is 40.2 Å². The first-order chi connectivity index (χ1) is 14.7. The highest BCUT2D eigenvalue weighted by Gasteiger charge is 2.36. The van der Waals surface area contributed by atoms with E-state index in [2.05, 4.69) is 39.8 Å². The van der Waals surface area contributed by atoms with Crippen LogP contribution in [0.1, 0.15) is 60.9 Å². The topological polar surface area (TPSA) is 65.0 Å². The molecule has 2 aliphatic heterocycles. The van der Waals surface area contributed by atoms with Crippen molar-refractivity contribution in [2.75, 3.05) is 0 Å². The van der Waals surface area contributed by atoms with Crippen LogP contribution in [0.25, 0.3) is 0 Å². The van der Waals surface area contributed by atoms with Gasteiger partial charge >= 0.3 is 5.97 Å². The molecule has 2 aromatic carbocycles. The van der Waals surface area contributed by atoms with Crippen molar-refractivity contribution in [2.24, 2.45) is 0 Å². The second-order valence-electron chi connectivity index (χ2n) is 9.42.